The lowest BCUT2D eigenvalue weighted by Gasteiger charge is -2.31. The van der Waals surface area contributed by atoms with Gasteiger partial charge in [0.05, 0.1) is 16.9 Å². The second-order valence-electron chi connectivity index (χ2n) is 4.77. The molecule has 4 nitrogen and oxygen atoms in total. The predicted octanol–water partition coefficient (Wildman–Crippen LogP) is 1.70. The van der Waals surface area contributed by atoms with Gasteiger partial charge in [-0.25, -0.2) is 8.42 Å². The topological polar surface area (TPSA) is 71.4 Å². The number of hydrogen-bond acceptors (Lipinski definition) is 3. The number of carbonyl (C=O) groups is 1. The fourth-order valence-corrected chi connectivity index (χ4v) is 4.57. The van der Waals surface area contributed by atoms with Gasteiger partial charge >= 0.3 is 5.97 Å². The van der Waals surface area contributed by atoms with Crippen LogP contribution in [0.15, 0.2) is 0 Å². The molecule has 0 aromatic carbocycles. The van der Waals surface area contributed by atoms with Gasteiger partial charge in [-0.2, -0.15) is 0 Å². The SMILES string of the molecule is CCCS(=O)(=O)C1CCC(C)CC1C(=O)O. The highest BCUT2D eigenvalue weighted by Crippen LogP contribution is 2.33. The van der Waals surface area contributed by atoms with Crippen molar-refractivity contribution in [3.63, 3.8) is 0 Å². The summed E-state index contributed by atoms with van der Waals surface area (Å²) in [5.41, 5.74) is 0. The van der Waals surface area contributed by atoms with Crippen molar-refractivity contribution < 1.29 is 18.3 Å². The Bertz CT molecular complexity index is 347. The first kappa shape index (κ1) is 13.5. The highest BCUT2D eigenvalue weighted by molar-refractivity contribution is 7.92. The van der Waals surface area contributed by atoms with Crippen LogP contribution in [0.1, 0.15) is 39.5 Å². The fourth-order valence-electron chi connectivity index (χ4n) is 2.48. The second kappa shape index (κ2) is 5.17. The Kier molecular flexibility index (Phi) is 4.35. The summed E-state index contributed by atoms with van der Waals surface area (Å²) in [6, 6.07) is 0. The van der Waals surface area contributed by atoms with Crippen LogP contribution in [-0.2, 0) is 14.6 Å². The lowest BCUT2D eigenvalue weighted by Crippen LogP contribution is -2.40. The minimum Gasteiger partial charge on any atom is -0.481 e. The van der Waals surface area contributed by atoms with E-state index in [0.29, 0.717) is 25.2 Å². The molecule has 1 N–H and O–H groups in total. The van der Waals surface area contributed by atoms with E-state index in [4.69, 9.17) is 5.11 Å². The maximum absolute atomic E-state index is 11.9. The summed E-state index contributed by atoms with van der Waals surface area (Å²) in [5.74, 6) is -1.25. The Morgan fingerprint density at radius 3 is 2.50 bits per heavy atom. The van der Waals surface area contributed by atoms with Gasteiger partial charge in [-0.15, -0.1) is 0 Å². The van der Waals surface area contributed by atoms with E-state index in [-0.39, 0.29) is 5.75 Å². The zero-order valence-corrected chi connectivity index (χ0v) is 10.7. The molecule has 0 saturated heterocycles. The molecule has 16 heavy (non-hydrogen) atoms. The van der Waals surface area contributed by atoms with Crippen LogP contribution in [0.2, 0.25) is 0 Å². The minimum atomic E-state index is -3.23. The van der Waals surface area contributed by atoms with Crippen LogP contribution in [-0.4, -0.2) is 30.5 Å². The Labute approximate surface area is 97.0 Å². The number of rotatable bonds is 4. The highest BCUT2D eigenvalue weighted by atomic mass is 32.2. The Morgan fingerprint density at radius 2 is 2.00 bits per heavy atom. The van der Waals surface area contributed by atoms with Gasteiger partial charge < -0.3 is 5.11 Å². The van der Waals surface area contributed by atoms with E-state index in [9.17, 15) is 13.2 Å². The van der Waals surface area contributed by atoms with E-state index in [2.05, 4.69) is 0 Å². The van der Waals surface area contributed by atoms with Crippen LogP contribution < -0.4 is 0 Å². The molecule has 0 aliphatic heterocycles. The zero-order valence-electron chi connectivity index (χ0n) is 9.85. The van der Waals surface area contributed by atoms with E-state index in [1.165, 1.54) is 0 Å². The third-order valence-electron chi connectivity index (χ3n) is 3.32. The first-order chi connectivity index (χ1) is 7.38. The maximum Gasteiger partial charge on any atom is 0.307 e. The largest absolute Gasteiger partial charge is 0.481 e. The van der Waals surface area contributed by atoms with Gasteiger partial charge in [-0.05, 0) is 31.6 Å². The van der Waals surface area contributed by atoms with Gasteiger partial charge in [0.25, 0.3) is 0 Å². The smallest absolute Gasteiger partial charge is 0.307 e. The number of carboxylic acids is 1. The molecule has 1 aliphatic carbocycles. The van der Waals surface area contributed by atoms with Gasteiger partial charge in [0.1, 0.15) is 0 Å². The Morgan fingerprint density at radius 1 is 1.38 bits per heavy atom. The average molecular weight is 248 g/mol. The van der Waals surface area contributed by atoms with E-state index < -0.39 is 27.0 Å². The van der Waals surface area contributed by atoms with Crippen molar-refractivity contribution in [2.75, 3.05) is 5.75 Å². The molecule has 0 spiro atoms. The Hall–Kier alpha value is -0.580. The van der Waals surface area contributed by atoms with Gasteiger partial charge in [0, 0.05) is 0 Å². The van der Waals surface area contributed by atoms with Crippen molar-refractivity contribution >= 4 is 15.8 Å². The summed E-state index contributed by atoms with van der Waals surface area (Å²) in [6.07, 6.45) is 2.36. The Balaban J connectivity index is 2.89. The van der Waals surface area contributed by atoms with E-state index in [1.54, 1.807) is 6.92 Å². The molecule has 3 atom stereocenters. The van der Waals surface area contributed by atoms with E-state index >= 15 is 0 Å². The molecule has 5 heteroatoms. The van der Waals surface area contributed by atoms with Gasteiger partial charge in [0.2, 0.25) is 0 Å². The number of aliphatic carboxylic acids is 1. The zero-order chi connectivity index (χ0) is 12.3. The standard InChI is InChI=1S/C11H20O4S/c1-3-6-16(14,15)10-5-4-8(2)7-9(10)11(12)13/h8-10H,3-7H2,1-2H3,(H,12,13). The fraction of sp³-hybridized carbons (Fsp3) is 0.909. The molecule has 0 radical (unpaired) electrons. The average Bonchev–Trinajstić information content (AvgIpc) is 2.16. The predicted molar refractivity (Wildman–Crippen MR) is 62.0 cm³/mol. The summed E-state index contributed by atoms with van der Waals surface area (Å²) in [6.45, 7) is 3.79. The van der Waals surface area contributed by atoms with Crippen LogP contribution in [0.3, 0.4) is 0 Å². The van der Waals surface area contributed by atoms with Gasteiger partial charge in [-0.3, -0.25) is 4.79 Å². The molecule has 0 aromatic rings. The van der Waals surface area contributed by atoms with Crippen LogP contribution in [0.5, 0.6) is 0 Å². The van der Waals surface area contributed by atoms with Crippen molar-refractivity contribution in [1.29, 1.82) is 0 Å². The van der Waals surface area contributed by atoms with Crippen molar-refractivity contribution in [3.05, 3.63) is 0 Å². The van der Waals surface area contributed by atoms with Crippen molar-refractivity contribution in [2.45, 2.75) is 44.8 Å². The molecule has 0 amide bonds. The van der Waals surface area contributed by atoms with Gasteiger partial charge in [0.15, 0.2) is 9.84 Å². The molecule has 1 rings (SSSR count). The summed E-state index contributed by atoms with van der Waals surface area (Å²) in [7, 11) is -3.23. The molecule has 1 aliphatic rings. The summed E-state index contributed by atoms with van der Waals surface area (Å²) < 4.78 is 23.9. The molecular weight excluding hydrogens is 228 g/mol. The summed E-state index contributed by atoms with van der Waals surface area (Å²) in [5, 5.41) is 8.43. The van der Waals surface area contributed by atoms with Crippen molar-refractivity contribution in [1.82, 2.24) is 0 Å². The first-order valence-corrected chi connectivity index (χ1v) is 7.54. The molecule has 1 saturated carbocycles. The van der Waals surface area contributed by atoms with Crippen LogP contribution in [0.25, 0.3) is 0 Å². The molecule has 0 bridgehead atoms. The summed E-state index contributed by atoms with van der Waals surface area (Å²) >= 11 is 0. The monoisotopic (exact) mass is 248 g/mol. The number of carboxylic acid groups (broad SMARTS) is 1. The third kappa shape index (κ3) is 2.97. The molecule has 3 unspecified atom stereocenters. The van der Waals surface area contributed by atoms with Crippen LogP contribution in [0, 0.1) is 11.8 Å². The molecule has 0 aromatic heterocycles. The first-order valence-electron chi connectivity index (χ1n) is 5.82. The van der Waals surface area contributed by atoms with Crippen LogP contribution >= 0.6 is 0 Å². The number of hydrogen-bond donors (Lipinski definition) is 1. The quantitative estimate of drug-likeness (QED) is 0.822. The lowest BCUT2D eigenvalue weighted by atomic mass is 9.82. The normalized spacial score (nSPS) is 31.2. The molecule has 1 fully saturated rings. The molecular formula is C11H20O4S. The third-order valence-corrected chi connectivity index (χ3v) is 5.78. The van der Waals surface area contributed by atoms with Crippen LogP contribution in [0.4, 0.5) is 0 Å². The second-order valence-corrected chi connectivity index (χ2v) is 7.11. The lowest BCUT2D eigenvalue weighted by molar-refractivity contribution is -0.143. The number of sulfone groups is 1. The summed E-state index contributed by atoms with van der Waals surface area (Å²) in [4.78, 5) is 11.1. The maximum atomic E-state index is 11.9. The molecule has 0 heterocycles. The minimum absolute atomic E-state index is 0.107. The van der Waals surface area contributed by atoms with E-state index in [0.717, 1.165) is 6.42 Å². The highest BCUT2D eigenvalue weighted by Gasteiger charge is 2.40. The van der Waals surface area contributed by atoms with Gasteiger partial charge in [-0.1, -0.05) is 13.8 Å². The van der Waals surface area contributed by atoms with Crippen molar-refractivity contribution in [2.24, 2.45) is 11.8 Å². The molecule has 94 valence electrons. The van der Waals surface area contributed by atoms with E-state index in [1.807, 2.05) is 6.92 Å². The van der Waals surface area contributed by atoms with Crippen molar-refractivity contribution in [3.8, 4) is 0 Å².